The maximum Gasteiger partial charge on any atom is 0.269 e. The summed E-state index contributed by atoms with van der Waals surface area (Å²) >= 11 is 0. The van der Waals surface area contributed by atoms with Crippen molar-refractivity contribution in [2.45, 2.75) is 13.8 Å². The fourth-order valence-electron chi connectivity index (χ4n) is 4.35. The van der Waals surface area contributed by atoms with Gasteiger partial charge in [-0.2, -0.15) is 0 Å². The molecule has 0 saturated heterocycles. The van der Waals surface area contributed by atoms with Crippen LogP contribution in [-0.4, -0.2) is 15.7 Å². The Morgan fingerprint density at radius 1 is 0.778 bits per heavy atom. The molecule has 0 aliphatic heterocycles. The van der Waals surface area contributed by atoms with Gasteiger partial charge in [-0.3, -0.25) is 15.1 Å². The maximum absolute atomic E-state index is 11.3. The first-order valence-corrected chi connectivity index (χ1v) is 11.7. The molecule has 0 bridgehead atoms. The molecule has 5 heteroatoms. The van der Waals surface area contributed by atoms with Gasteiger partial charge in [-0.1, -0.05) is 72.8 Å². The van der Waals surface area contributed by atoms with Crippen molar-refractivity contribution in [3.05, 3.63) is 136 Å². The molecular formula is C31H25N3O2. The number of aryl methyl sites for hydroxylation is 1. The second-order valence-electron chi connectivity index (χ2n) is 8.65. The summed E-state index contributed by atoms with van der Waals surface area (Å²) in [5, 5.41) is 11.3. The fraction of sp³-hybridized carbons (Fsp3) is 0.0645. The zero-order chi connectivity index (χ0) is 25.1. The van der Waals surface area contributed by atoms with Gasteiger partial charge in [0.2, 0.25) is 0 Å². The van der Waals surface area contributed by atoms with Gasteiger partial charge in [0, 0.05) is 29.6 Å². The second-order valence-corrected chi connectivity index (χ2v) is 8.65. The predicted octanol–water partition coefficient (Wildman–Crippen LogP) is 8.09. The van der Waals surface area contributed by atoms with Gasteiger partial charge in [0.05, 0.1) is 22.0 Å². The van der Waals surface area contributed by atoms with Gasteiger partial charge < -0.3 is 4.57 Å². The monoisotopic (exact) mass is 471 g/mol. The third-order valence-corrected chi connectivity index (χ3v) is 6.38. The van der Waals surface area contributed by atoms with E-state index in [1.807, 2.05) is 54.7 Å². The van der Waals surface area contributed by atoms with Crippen LogP contribution < -0.4 is 0 Å². The summed E-state index contributed by atoms with van der Waals surface area (Å²) in [5.41, 5.74) is 9.14. The Balaban J connectivity index is 1.77. The highest BCUT2D eigenvalue weighted by atomic mass is 16.6. The summed E-state index contributed by atoms with van der Waals surface area (Å²) in [5.74, 6) is 0. The highest BCUT2D eigenvalue weighted by Crippen LogP contribution is 2.36. The van der Waals surface area contributed by atoms with Crippen molar-refractivity contribution in [1.82, 2.24) is 4.57 Å². The van der Waals surface area contributed by atoms with Gasteiger partial charge in [-0.25, -0.2) is 0 Å². The molecule has 4 aromatic carbocycles. The van der Waals surface area contributed by atoms with E-state index in [9.17, 15) is 10.1 Å². The van der Waals surface area contributed by atoms with Crippen LogP contribution in [0.3, 0.4) is 0 Å². The van der Waals surface area contributed by atoms with Crippen molar-refractivity contribution < 1.29 is 4.92 Å². The van der Waals surface area contributed by atoms with Crippen LogP contribution in [0.4, 0.5) is 11.4 Å². The second kappa shape index (κ2) is 9.84. The van der Waals surface area contributed by atoms with E-state index in [0.29, 0.717) is 0 Å². The van der Waals surface area contributed by atoms with E-state index in [0.717, 1.165) is 45.0 Å². The summed E-state index contributed by atoms with van der Waals surface area (Å²) in [6.45, 7) is 4.17. The van der Waals surface area contributed by atoms with Gasteiger partial charge in [-0.05, 0) is 60.4 Å². The molecular weight excluding hydrogens is 446 g/mol. The van der Waals surface area contributed by atoms with E-state index in [1.54, 1.807) is 24.3 Å². The number of aromatic nitrogens is 1. The van der Waals surface area contributed by atoms with E-state index < -0.39 is 0 Å². The standard InChI is InChI=1S/C31H25N3O2/c1-22-10-9-15-29(23(22)2)32-21-26-20-30(24-11-5-3-6-12-24)33(31(26)25-13-7-4-8-14-25)27-16-18-28(19-17-27)34(35)36/h3-21H,1-2H3. The van der Waals surface area contributed by atoms with Crippen LogP contribution in [0.25, 0.3) is 28.2 Å². The summed E-state index contributed by atoms with van der Waals surface area (Å²) < 4.78 is 2.15. The van der Waals surface area contributed by atoms with Gasteiger partial charge in [0.15, 0.2) is 0 Å². The molecule has 0 fully saturated rings. The topological polar surface area (TPSA) is 60.4 Å². The van der Waals surface area contributed by atoms with E-state index in [1.165, 1.54) is 5.56 Å². The Hall–Kier alpha value is -4.77. The molecule has 0 saturated carbocycles. The molecule has 36 heavy (non-hydrogen) atoms. The first kappa shape index (κ1) is 23.0. The Morgan fingerprint density at radius 3 is 2.06 bits per heavy atom. The summed E-state index contributed by atoms with van der Waals surface area (Å²) in [6.07, 6.45) is 1.92. The number of nitrogens with zero attached hydrogens (tertiary/aromatic N) is 3. The van der Waals surface area contributed by atoms with Crippen molar-refractivity contribution in [2.75, 3.05) is 0 Å². The molecule has 0 aliphatic carbocycles. The quantitative estimate of drug-likeness (QED) is 0.143. The van der Waals surface area contributed by atoms with Crippen LogP contribution in [0.15, 0.2) is 114 Å². The van der Waals surface area contributed by atoms with Gasteiger partial charge in [-0.15, -0.1) is 0 Å². The Kier molecular flexibility index (Phi) is 6.29. The summed E-state index contributed by atoms with van der Waals surface area (Å²) in [4.78, 5) is 15.8. The van der Waals surface area contributed by atoms with E-state index in [4.69, 9.17) is 4.99 Å². The van der Waals surface area contributed by atoms with Gasteiger partial charge >= 0.3 is 0 Å². The van der Waals surface area contributed by atoms with E-state index in [-0.39, 0.29) is 10.6 Å². The van der Waals surface area contributed by atoms with Crippen LogP contribution in [-0.2, 0) is 0 Å². The molecule has 0 spiro atoms. The van der Waals surface area contributed by atoms with Crippen LogP contribution in [0.2, 0.25) is 0 Å². The highest BCUT2D eigenvalue weighted by molar-refractivity contribution is 5.94. The average molecular weight is 472 g/mol. The fourth-order valence-corrected chi connectivity index (χ4v) is 4.35. The molecule has 0 aliphatic rings. The third kappa shape index (κ3) is 4.46. The average Bonchev–Trinajstić information content (AvgIpc) is 3.30. The van der Waals surface area contributed by atoms with Crippen LogP contribution >= 0.6 is 0 Å². The van der Waals surface area contributed by atoms with E-state index >= 15 is 0 Å². The minimum Gasteiger partial charge on any atom is -0.309 e. The Labute approximate surface area is 210 Å². The van der Waals surface area contributed by atoms with Gasteiger partial charge in [0.1, 0.15) is 0 Å². The minimum atomic E-state index is -0.377. The SMILES string of the molecule is Cc1cccc(N=Cc2cc(-c3ccccc3)n(-c3ccc([N+](=O)[O-])cc3)c2-c2ccccc2)c1C. The zero-order valence-corrected chi connectivity index (χ0v) is 20.1. The number of hydrogen-bond acceptors (Lipinski definition) is 3. The van der Waals surface area contributed by atoms with Crippen molar-refractivity contribution in [2.24, 2.45) is 4.99 Å². The molecule has 0 unspecified atom stereocenters. The lowest BCUT2D eigenvalue weighted by Gasteiger charge is -2.15. The maximum atomic E-state index is 11.3. The molecule has 0 amide bonds. The van der Waals surface area contributed by atoms with Crippen molar-refractivity contribution >= 4 is 17.6 Å². The zero-order valence-electron chi connectivity index (χ0n) is 20.1. The molecule has 0 N–H and O–H groups in total. The molecule has 5 nitrogen and oxygen atoms in total. The summed E-state index contributed by atoms with van der Waals surface area (Å²) in [7, 11) is 0. The van der Waals surface area contributed by atoms with E-state index in [2.05, 4.69) is 54.8 Å². The summed E-state index contributed by atoms with van der Waals surface area (Å²) in [6, 6.07) is 35.2. The lowest BCUT2D eigenvalue weighted by molar-refractivity contribution is -0.384. The first-order chi connectivity index (χ1) is 17.5. The normalized spacial score (nSPS) is 11.2. The lowest BCUT2D eigenvalue weighted by Crippen LogP contribution is -2.01. The Morgan fingerprint density at radius 2 is 1.42 bits per heavy atom. The van der Waals surface area contributed by atoms with Crippen molar-refractivity contribution in [3.63, 3.8) is 0 Å². The molecule has 5 aromatic rings. The predicted molar refractivity (Wildman–Crippen MR) is 146 cm³/mol. The van der Waals surface area contributed by atoms with Crippen LogP contribution in [0.5, 0.6) is 0 Å². The third-order valence-electron chi connectivity index (χ3n) is 6.38. The highest BCUT2D eigenvalue weighted by Gasteiger charge is 2.19. The molecule has 0 radical (unpaired) electrons. The molecule has 176 valence electrons. The smallest absolute Gasteiger partial charge is 0.269 e. The number of hydrogen-bond donors (Lipinski definition) is 0. The Bertz CT molecular complexity index is 1550. The minimum absolute atomic E-state index is 0.0603. The van der Waals surface area contributed by atoms with Crippen LogP contribution in [0, 0.1) is 24.0 Å². The van der Waals surface area contributed by atoms with Crippen molar-refractivity contribution in [1.29, 1.82) is 0 Å². The molecule has 1 heterocycles. The number of nitro groups is 1. The first-order valence-electron chi connectivity index (χ1n) is 11.7. The lowest BCUT2D eigenvalue weighted by atomic mass is 10.1. The molecule has 5 rings (SSSR count). The number of rotatable bonds is 6. The molecule has 1 aromatic heterocycles. The number of aliphatic imine (C=N–C) groups is 1. The number of benzene rings is 4. The van der Waals surface area contributed by atoms with Crippen LogP contribution in [0.1, 0.15) is 16.7 Å². The van der Waals surface area contributed by atoms with Crippen molar-refractivity contribution in [3.8, 4) is 28.2 Å². The number of non-ortho nitro benzene ring substituents is 1. The van der Waals surface area contributed by atoms with Gasteiger partial charge in [0.25, 0.3) is 5.69 Å². The largest absolute Gasteiger partial charge is 0.309 e. The molecule has 0 atom stereocenters. The number of nitro benzene ring substituents is 1.